The zero-order valence-electron chi connectivity index (χ0n) is 12.2. The summed E-state index contributed by atoms with van der Waals surface area (Å²) >= 11 is 1.72. The van der Waals surface area contributed by atoms with Gasteiger partial charge in [0, 0.05) is 28.1 Å². The Morgan fingerprint density at radius 2 is 2.00 bits per heavy atom. The van der Waals surface area contributed by atoms with Crippen molar-refractivity contribution in [3.05, 3.63) is 44.8 Å². The number of aryl methyl sites for hydroxylation is 3. The standard InChI is InChI=1S/C15H19N3OS/c1-9-5-13(20-11(9)3)8-17-15(19)12-6-10(2)18-14(7-12)16-4/h5-7H,8H2,1-4H3,(H,16,18)(H,17,19). The Balaban J connectivity index is 2.06. The number of nitrogens with zero attached hydrogens (tertiary/aromatic N) is 1. The third-order valence-corrected chi connectivity index (χ3v) is 4.26. The Hall–Kier alpha value is -1.88. The second kappa shape index (κ2) is 6.05. The number of rotatable bonds is 4. The van der Waals surface area contributed by atoms with Crippen molar-refractivity contribution < 1.29 is 4.79 Å². The SMILES string of the molecule is CNc1cc(C(=O)NCc2cc(C)c(C)s2)cc(C)n1. The number of hydrogen-bond donors (Lipinski definition) is 2. The molecule has 5 heteroatoms. The van der Waals surface area contributed by atoms with Crippen molar-refractivity contribution in [2.24, 2.45) is 0 Å². The third kappa shape index (κ3) is 3.36. The van der Waals surface area contributed by atoms with Gasteiger partial charge in [-0.3, -0.25) is 4.79 Å². The first-order valence-electron chi connectivity index (χ1n) is 6.50. The molecule has 2 aromatic heterocycles. The highest BCUT2D eigenvalue weighted by Crippen LogP contribution is 2.20. The molecule has 0 fully saturated rings. The monoisotopic (exact) mass is 289 g/mol. The van der Waals surface area contributed by atoms with Gasteiger partial charge in [0.15, 0.2) is 0 Å². The highest BCUT2D eigenvalue weighted by atomic mass is 32.1. The van der Waals surface area contributed by atoms with Crippen LogP contribution < -0.4 is 10.6 Å². The molecule has 0 bridgehead atoms. The van der Waals surface area contributed by atoms with Gasteiger partial charge in [-0.05, 0) is 44.5 Å². The first kappa shape index (κ1) is 14.5. The van der Waals surface area contributed by atoms with E-state index in [0.29, 0.717) is 17.9 Å². The summed E-state index contributed by atoms with van der Waals surface area (Å²) in [6.45, 7) is 6.62. The lowest BCUT2D eigenvalue weighted by Gasteiger charge is -2.07. The van der Waals surface area contributed by atoms with E-state index >= 15 is 0 Å². The second-order valence-electron chi connectivity index (χ2n) is 4.77. The van der Waals surface area contributed by atoms with Crippen LogP contribution in [0.25, 0.3) is 0 Å². The maximum absolute atomic E-state index is 12.2. The van der Waals surface area contributed by atoms with Crippen LogP contribution in [0.5, 0.6) is 0 Å². The van der Waals surface area contributed by atoms with Gasteiger partial charge < -0.3 is 10.6 Å². The second-order valence-corrected chi connectivity index (χ2v) is 6.11. The number of nitrogens with one attached hydrogen (secondary N) is 2. The molecule has 0 aliphatic carbocycles. The van der Waals surface area contributed by atoms with Crippen LogP contribution in [-0.2, 0) is 6.54 Å². The zero-order chi connectivity index (χ0) is 14.7. The number of carbonyl (C=O) groups is 1. The van der Waals surface area contributed by atoms with E-state index in [0.717, 1.165) is 5.69 Å². The summed E-state index contributed by atoms with van der Waals surface area (Å²) in [6.07, 6.45) is 0. The molecule has 0 spiro atoms. The highest BCUT2D eigenvalue weighted by molar-refractivity contribution is 7.12. The van der Waals surface area contributed by atoms with Gasteiger partial charge in [0.05, 0.1) is 6.54 Å². The quantitative estimate of drug-likeness (QED) is 0.909. The molecule has 20 heavy (non-hydrogen) atoms. The maximum atomic E-state index is 12.2. The number of amides is 1. The predicted molar refractivity (Wildman–Crippen MR) is 83.5 cm³/mol. The number of carbonyl (C=O) groups excluding carboxylic acids is 1. The highest BCUT2D eigenvalue weighted by Gasteiger charge is 2.09. The first-order valence-corrected chi connectivity index (χ1v) is 7.32. The summed E-state index contributed by atoms with van der Waals surface area (Å²) in [5.41, 5.74) is 2.73. The minimum atomic E-state index is -0.0734. The van der Waals surface area contributed by atoms with Gasteiger partial charge in [0.2, 0.25) is 0 Å². The minimum absolute atomic E-state index is 0.0734. The van der Waals surface area contributed by atoms with Crippen LogP contribution in [0.2, 0.25) is 0 Å². The van der Waals surface area contributed by atoms with Crippen LogP contribution in [0.4, 0.5) is 5.82 Å². The van der Waals surface area contributed by atoms with Crippen molar-refractivity contribution in [3.8, 4) is 0 Å². The molecule has 2 aromatic rings. The van der Waals surface area contributed by atoms with E-state index in [1.54, 1.807) is 30.5 Å². The molecule has 0 radical (unpaired) electrons. The Labute approximate surface area is 123 Å². The Bertz CT molecular complexity index is 615. The van der Waals surface area contributed by atoms with Crippen molar-refractivity contribution in [3.63, 3.8) is 0 Å². The molecule has 2 heterocycles. The Kier molecular flexibility index (Phi) is 4.39. The van der Waals surface area contributed by atoms with E-state index in [9.17, 15) is 4.79 Å². The molecule has 0 saturated carbocycles. The summed E-state index contributed by atoms with van der Waals surface area (Å²) < 4.78 is 0. The van der Waals surface area contributed by atoms with Gasteiger partial charge in [0.25, 0.3) is 5.91 Å². The molecule has 106 valence electrons. The topological polar surface area (TPSA) is 54.0 Å². The molecular formula is C15H19N3OS. The molecule has 0 aliphatic heterocycles. The number of pyridine rings is 1. The van der Waals surface area contributed by atoms with Gasteiger partial charge in [-0.25, -0.2) is 4.98 Å². The van der Waals surface area contributed by atoms with E-state index in [1.807, 2.05) is 6.92 Å². The summed E-state index contributed by atoms with van der Waals surface area (Å²) in [7, 11) is 1.79. The average Bonchev–Trinajstić information content (AvgIpc) is 2.74. The summed E-state index contributed by atoms with van der Waals surface area (Å²) in [5, 5.41) is 5.91. The van der Waals surface area contributed by atoms with E-state index in [-0.39, 0.29) is 5.91 Å². The fraction of sp³-hybridized carbons (Fsp3) is 0.333. The lowest BCUT2D eigenvalue weighted by atomic mass is 10.2. The fourth-order valence-corrected chi connectivity index (χ4v) is 2.93. The van der Waals surface area contributed by atoms with Crippen LogP contribution in [0, 0.1) is 20.8 Å². The molecule has 0 atom stereocenters. The largest absolute Gasteiger partial charge is 0.373 e. The van der Waals surface area contributed by atoms with E-state index in [1.165, 1.54) is 15.3 Å². The molecule has 0 unspecified atom stereocenters. The number of anilines is 1. The summed E-state index contributed by atoms with van der Waals surface area (Å²) in [6, 6.07) is 5.67. The molecule has 0 saturated heterocycles. The van der Waals surface area contributed by atoms with E-state index in [2.05, 4.69) is 35.5 Å². The fourth-order valence-electron chi connectivity index (χ4n) is 1.93. The van der Waals surface area contributed by atoms with Crippen LogP contribution in [0.1, 0.15) is 31.4 Å². The number of thiophene rings is 1. The van der Waals surface area contributed by atoms with Crippen LogP contribution >= 0.6 is 11.3 Å². The minimum Gasteiger partial charge on any atom is -0.373 e. The third-order valence-electron chi connectivity index (χ3n) is 3.11. The Morgan fingerprint density at radius 3 is 2.60 bits per heavy atom. The summed E-state index contributed by atoms with van der Waals surface area (Å²) in [4.78, 5) is 18.9. The molecular weight excluding hydrogens is 270 g/mol. The lowest BCUT2D eigenvalue weighted by molar-refractivity contribution is 0.0951. The molecule has 2 N–H and O–H groups in total. The van der Waals surface area contributed by atoms with Gasteiger partial charge in [0.1, 0.15) is 5.82 Å². The normalized spacial score (nSPS) is 10.4. The molecule has 0 aliphatic rings. The van der Waals surface area contributed by atoms with Gasteiger partial charge in [-0.2, -0.15) is 0 Å². The predicted octanol–water partition coefficient (Wildman–Crippen LogP) is 3.04. The van der Waals surface area contributed by atoms with E-state index in [4.69, 9.17) is 0 Å². The van der Waals surface area contributed by atoms with Crippen molar-refractivity contribution in [1.29, 1.82) is 0 Å². The van der Waals surface area contributed by atoms with Gasteiger partial charge in [-0.1, -0.05) is 0 Å². The summed E-state index contributed by atoms with van der Waals surface area (Å²) in [5.74, 6) is 0.633. The zero-order valence-corrected chi connectivity index (χ0v) is 13.0. The van der Waals surface area contributed by atoms with E-state index < -0.39 is 0 Å². The number of hydrogen-bond acceptors (Lipinski definition) is 4. The van der Waals surface area contributed by atoms with Crippen LogP contribution in [0.3, 0.4) is 0 Å². The Morgan fingerprint density at radius 1 is 1.25 bits per heavy atom. The van der Waals surface area contributed by atoms with Gasteiger partial charge in [-0.15, -0.1) is 11.3 Å². The molecule has 0 aromatic carbocycles. The molecule has 1 amide bonds. The van der Waals surface area contributed by atoms with Crippen LogP contribution in [0.15, 0.2) is 18.2 Å². The van der Waals surface area contributed by atoms with Gasteiger partial charge >= 0.3 is 0 Å². The van der Waals surface area contributed by atoms with Crippen molar-refractivity contribution in [2.45, 2.75) is 27.3 Å². The van der Waals surface area contributed by atoms with Crippen LogP contribution in [-0.4, -0.2) is 17.9 Å². The number of aromatic nitrogens is 1. The molecule has 4 nitrogen and oxygen atoms in total. The van der Waals surface area contributed by atoms with Crippen molar-refractivity contribution in [2.75, 3.05) is 12.4 Å². The lowest BCUT2D eigenvalue weighted by Crippen LogP contribution is -2.22. The maximum Gasteiger partial charge on any atom is 0.251 e. The van der Waals surface area contributed by atoms with Crippen molar-refractivity contribution >= 4 is 23.1 Å². The smallest absolute Gasteiger partial charge is 0.251 e. The van der Waals surface area contributed by atoms with Crippen molar-refractivity contribution in [1.82, 2.24) is 10.3 Å². The first-order chi connectivity index (χ1) is 9.49. The average molecular weight is 289 g/mol. The molecule has 2 rings (SSSR count).